The van der Waals surface area contributed by atoms with Crippen molar-refractivity contribution in [3.05, 3.63) is 81.9 Å². The molecule has 0 atom stereocenters. The number of hydrogen-bond acceptors (Lipinski definition) is 6. The maximum atomic E-state index is 12.3. The van der Waals surface area contributed by atoms with Gasteiger partial charge in [-0.1, -0.05) is 35.9 Å². The summed E-state index contributed by atoms with van der Waals surface area (Å²) in [6.07, 6.45) is 1.66. The summed E-state index contributed by atoms with van der Waals surface area (Å²) in [5.74, 6) is 0.529. The Kier molecular flexibility index (Phi) is 6.25. The van der Waals surface area contributed by atoms with E-state index in [1.54, 1.807) is 55.5 Å². The standard InChI is InChI=1S/C23H17ClN2O4S/c1-2-29-22(28)15-9-7-14(8-10-15)19-12-11-16(30-19)13-20-21(27)26-23(31-20)25-18-6-4-3-5-17(18)24/h3-13H,2H2,1H3,(H,25,26,27)/b20-13+. The van der Waals surface area contributed by atoms with Crippen molar-refractivity contribution in [1.29, 1.82) is 0 Å². The summed E-state index contributed by atoms with van der Waals surface area (Å²) >= 11 is 7.34. The van der Waals surface area contributed by atoms with E-state index in [4.69, 9.17) is 20.8 Å². The van der Waals surface area contributed by atoms with E-state index in [2.05, 4.69) is 10.3 Å². The molecule has 1 N–H and O–H groups in total. The molecule has 1 saturated heterocycles. The summed E-state index contributed by atoms with van der Waals surface area (Å²) in [6, 6.07) is 17.7. The number of nitrogens with one attached hydrogen (secondary N) is 1. The Balaban J connectivity index is 1.50. The molecule has 0 aliphatic carbocycles. The van der Waals surface area contributed by atoms with Crippen molar-refractivity contribution in [2.45, 2.75) is 6.92 Å². The van der Waals surface area contributed by atoms with Crippen LogP contribution >= 0.6 is 23.4 Å². The van der Waals surface area contributed by atoms with Crippen molar-refractivity contribution in [1.82, 2.24) is 5.32 Å². The lowest BCUT2D eigenvalue weighted by molar-refractivity contribution is -0.115. The van der Waals surface area contributed by atoms with Crippen LogP contribution in [0.15, 0.2) is 75.0 Å². The van der Waals surface area contributed by atoms with E-state index in [0.717, 1.165) is 5.56 Å². The van der Waals surface area contributed by atoms with Gasteiger partial charge in [0, 0.05) is 11.6 Å². The average Bonchev–Trinajstić information content (AvgIpc) is 3.37. The Morgan fingerprint density at radius 1 is 1.16 bits per heavy atom. The van der Waals surface area contributed by atoms with Gasteiger partial charge in [-0.25, -0.2) is 9.79 Å². The van der Waals surface area contributed by atoms with Crippen LogP contribution in [0.2, 0.25) is 5.02 Å². The molecule has 1 aliphatic heterocycles. The van der Waals surface area contributed by atoms with Gasteiger partial charge >= 0.3 is 5.97 Å². The number of hydrogen-bond donors (Lipinski definition) is 1. The fraction of sp³-hybridized carbons (Fsp3) is 0.0870. The van der Waals surface area contributed by atoms with E-state index >= 15 is 0 Å². The van der Waals surface area contributed by atoms with Crippen molar-refractivity contribution in [2.75, 3.05) is 6.61 Å². The normalized spacial score (nSPS) is 16.0. The molecule has 0 unspecified atom stereocenters. The number of rotatable bonds is 5. The van der Waals surface area contributed by atoms with E-state index in [-0.39, 0.29) is 11.9 Å². The zero-order valence-corrected chi connectivity index (χ0v) is 18.0. The van der Waals surface area contributed by atoms with Gasteiger partial charge in [0.05, 0.1) is 27.8 Å². The number of carbonyl (C=O) groups is 2. The fourth-order valence-corrected chi connectivity index (χ4v) is 3.82. The second kappa shape index (κ2) is 9.24. The minimum Gasteiger partial charge on any atom is -0.462 e. The van der Waals surface area contributed by atoms with Gasteiger partial charge in [0.2, 0.25) is 0 Å². The molecule has 2 aromatic carbocycles. The number of amidine groups is 1. The number of aliphatic imine (C=N–C) groups is 1. The van der Waals surface area contributed by atoms with Gasteiger partial charge < -0.3 is 14.5 Å². The van der Waals surface area contributed by atoms with Crippen LogP contribution in [0.5, 0.6) is 0 Å². The minimum atomic E-state index is -0.363. The van der Waals surface area contributed by atoms with E-state index in [0.29, 0.717) is 44.5 Å². The van der Waals surface area contributed by atoms with E-state index in [1.165, 1.54) is 11.8 Å². The smallest absolute Gasteiger partial charge is 0.338 e. The molecule has 0 radical (unpaired) electrons. The van der Waals surface area contributed by atoms with Gasteiger partial charge in [-0.05, 0) is 55.1 Å². The minimum absolute atomic E-state index is 0.257. The summed E-state index contributed by atoms with van der Waals surface area (Å²) in [5, 5.41) is 3.68. The first-order valence-electron chi connectivity index (χ1n) is 9.45. The molecule has 1 amide bonds. The monoisotopic (exact) mass is 452 g/mol. The predicted octanol–water partition coefficient (Wildman–Crippen LogP) is 5.67. The van der Waals surface area contributed by atoms with Crippen LogP contribution in [0.3, 0.4) is 0 Å². The van der Waals surface area contributed by atoms with Gasteiger partial charge in [0.1, 0.15) is 11.5 Å². The number of ether oxygens (including phenoxy) is 1. The van der Waals surface area contributed by atoms with Crippen molar-refractivity contribution in [2.24, 2.45) is 4.99 Å². The largest absolute Gasteiger partial charge is 0.462 e. The molecule has 1 fully saturated rings. The Morgan fingerprint density at radius 2 is 1.94 bits per heavy atom. The van der Waals surface area contributed by atoms with Gasteiger partial charge in [-0.15, -0.1) is 0 Å². The van der Waals surface area contributed by atoms with Crippen molar-refractivity contribution >= 4 is 52.2 Å². The zero-order chi connectivity index (χ0) is 21.8. The number of thioether (sulfide) groups is 1. The average molecular weight is 453 g/mol. The summed E-state index contributed by atoms with van der Waals surface area (Å²) in [7, 11) is 0. The SMILES string of the molecule is CCOC(=O)c1ccc(-c2ccc(/C=C3/SC(=Nc4ccccc4Cl)NC3=O)o2)cc1. The number of esters is 1. The molecule has 1 aromatic heterocycles. The van der Waals surface area contributed by atoms with Crippen LogP contribution in [0.1, 0.15) is 23.0 Å². The lowest BCUT2D eigenvalue weighted by atomic mass is 10.1. The highest BCUT2D eigenvalue weighted by atomic mass is 35.5. The third kappa shape index (κ3) is 4.90. The first-order valence-corrected chi connectivity index (χ1v) is 10.6. The van der Waals surface area contributed by atoms with Crippen LogP contribution in [0.25, 0.3) is 17.4 Å². The van der Waals surface area contributed by atoms with E-state index in [1.807, 2.05) is 18.2 Å². The number of furan rings is 1. The molecule has 2 heterocycles. The Labute approximate surface area is 188 Å². The zero-order valence-electron chi connectivity index (χ0n) is 16.4. The van der Waals surface area contributed by atoms with Crippen molar-refractivity contribution in [3.8, 4) is 11.3 Å². The number of halogens is 1. The fourth-order valence-electron chi connectivity index (χ4n) is 2.83. The van der Waals surface area contributed by atoms with E-state index < -0.39 is 0 Å². The summed E-state index contributed by atoms with van der Waals surface area (Å²) < 4.78 is 10.8. The molecule has 31 heavy (non-hydrogen) atoms. The predicted molar refractivity (Wildman–Crippen MR) is 122 cm³/mol. The number of benzene rings is 2. The summed E-state index contributed by atoms with van der Waals surface area (Å²) in [4.78, 5) is 28.9. The molecule has 0 spiro atoms. The van der Waals surface area contributed by atoms with Crippen LogP contribution in [-0.4, -0.2) is 23.7 Å². The topological polar surface area (TPSA) is 80.9 Å². The van der Waals surface area contributed by atoms with Crippen molar-refractivity contribution in [3.63, 3.8) is 0 Å². The Bertz CT molecular complexity index is 1200. The van der Waals surface area contributed by atoms with Crippen LogP contribution in [-0.2, 0) is 9.53 Å². The Morgan fingerprint density at radius 3 is 2.68 bits per heavy atom. The highest BCUT2D eigenvalue weighted by Gasteiger charge is 2.24. The number of amides is 1. The maximum Gasteiger partial charge on any atom is 0.338 e. The molecule has 0 bridgehead atoms. The van der Waals surface area contributed by atoms with Crippen molar-refractivity contribution < 1.29 is 18.7 Å². The highest BCUT2D eigenvalue weighted by molar-refractivity contribution is 8.18. The van der Waals surface area contributed by atoms with Crippen LogP contribution in [0.4, 0.5) is 5.69 Å². The first-order chi connectivity index (χ1) is 15.0. The van der Waals surface area contributed by atoms with Gasteiger partial charge in [0.15, 0.2) is 5.17 Å². The first kappa shape index (κ1) is 21.0. The van der Waals surface area contributed by atoms with Gasteiger partial charge in [-0.2, -0.15) is 0 Å². The lowest BCUT2D eigenvalue weighted by Crippen LogP contribution is -2.19. The lowest BCUT2D eigenvalue weighted by Gasteiger charge is -2.02. The highest BCUT2D eigenvalue weighted by Crippen LogP contribution is 2.32. The Hall–Kier alpha value is -3.29. The third-order valence-corrected chi connectivity index (χ3v) is 5.54. The number of nitrogens with zero attached hydrogens (tertiary/aromatic N) is 1. The van der Waals surface area contributed by atoms with Gasteiger partial charge in [0.25, 0.3) is 5.91 Å². The molecule has 4 rings (SSSR count). The molecule has 3 aromatic rings. The maximum absolute atomic E-state index is 12.3. The molecular weight excluding hydrogens is 436 g/mol. The second-order valence-electron chi connectivity index (χ2n) is 6.43. The van der Waals surface area contributed by atoms with Crippen LogP contribution < -0.4 is 5.32 Å². The summed E-state index contributed by atoms with van der Waals surface area (Å²) in [5.41, 5.74) is 1.87. The second-order valence-corrected chi connectivity index (χ2v) is 7.87. The molecule has 6 nitrogen and oxygen atoms in total. The molecule has 1 aliphatic rings. The van der Waals surface area contributed by atoms with E-state index in [9.17, 15) is 9.59 Å². The number of carbonyl (C=O) groups excluding carboxylic acids is 2. The third-order valence-electron chi connectivity index (χ3n) is 4.31. The van der Waals surface area contributed by atoms with Crippen LogP contribution in [0, 0.1) is 0 Å². The molecular formula is C23H17ClN2O4S. The van der Waals surface area contributed by atoms with Gasteiger partial charge in [-0.3, -0.25) is 4.79 Å². The molecule has 8 heteroatoms. The quantitative estimate of drug-likeness (QED) is 0.398. The molecule has 156 valence electrons. The molecule has 0 saturated carbocycles. The number of para-hydroxylation sites is 1. The summed E-state index contributed by atoms with van der Waals surface area (Å²) in [6.45, 7) is 2.09.